The molecule has 2 aromatic rings. The topological polar surface area (TPSA) is 70.4 Å². The fraction of sp³-hybridized carbons (Fsp3) is 0. The predicted molar refractivity (Wildman–Crippen MR) is 37.5 cm³/mol. The van der Waals surface area contributed by atoms with Crippen molar-refractivity contribution in [2.45, 2.75) is 0 Å². The fourth-order valence-corrected chi connectivity index (χ4v) is 0.905. The first-order chi connectivity index (χ1) is 5.27. The Hall–Kier alpha value is -1.78. The van der Waals surface area contributed by atoms with Gasteiger partial charge in [0.1, 0.15) is 0 Å². The molecular formula is C6H5N3O2. The predicted octanol–water partition coefficient (Wildman–Crippen LogP) is -0.272. The van der Waals surface area contributed by atoms with Crippen LogP contribution in [0.4, 0.5) is 0 Å². The molecule has 5 nitrogen and oxygen atoms in total. The Morgan fingerprint density at radius 1 is 1.64 bits per heavy atom. The van der Waals surface area contributed by atoms with Gasteiger partial charge in [-0.2, -0.15) is 0 Å². The van der Waals surface area contributed by atoms with E-state index in [9.17, 15) is 4.79 Å². The van der Waals surface area contributed by atoms with E-state index in [0.29, 0.717) is 5.78 Å². The van der Waals surface area contributed by atoms with Crippen LogP contribution in [-0.4, -0.2) is 19.5 Å². The van der Waals surface area contributed by atoms with Gasteiger partial charge in [-0.1, -0.05) is 0 Å². The maximum Gasteiger partial charge on any atom is 0.259 e. The maximum absolute atomic E-state index is 11.0. The molecule has 2 heterocycles. The van der Waals surface area contributed by atoms with Crippen LogP contribution in [0, 0.1) is 0 Å². The number of rotatable bonds is 0. The second kappa shape index (κ2) is 1.85. The highest BCUT2D eigenvalue weighted by molar-refractivity contribution is 5.31. The number of hydrogen-bond donors (Lipinski definition) is 2. The summed E-state index contributed by atoms with van der Waals surface area (Å²) < 4.78 is 1.23. The van der Waals surface area contributed by atoms with Gasteiger partial charge in [-0.05, 0) is 0 Å². The molecule has 11 heavy (non-hydrogen) atoms. The standard InChI is InChI=1S/C6H5N3O2/c10-4-3-9-5(11)1-2-7-6(9)8-4/h1-3,10H,(H,7,8). The van der Waals surface area contributed by atoms with Gasteiger partial charge in [0.05, 0.1) is 6.20 Å². The monoisotopic (exact) mass is 151 g/mol. The van der Waals surface area contributed by atoms with Gasteiger partial charge < -0.3 is 5.11 Å². The molecule has 2 aromatic heterocycles. The zero-order chi connectivity index (χ0) is 7.84. The van der Waals surface area contributed by atoms with E-state index < -0.39 is 0 Å². The second-order valence-corrected chi connectivity index (χ2v) is 2.12. The van der Waals surface area contributed by atoms with E-state index in [4.69, 9.17) is 5.11 Å². The number of hydrogen-bond acceptors (Lipinski definition) is 3. The lowest BCUT2D eigenvalue weighted by atomic mass is 10.6. The lowest BCUT2D eigenvalue weighted by Gasteiger charge is -1.85. The van der Waals surface area contributed by atoms with E-state index in [1.807, 2.05) is 0 Å². The van der Waals surface area contributed by atoms with Crippen LogP contribution in [0.3, 0.4) is 0 Å². The second-order valence-electron chi connectivity index (χ2n) is 2.12. The van der Waals surface area contributed by atoms with Gasteiger partial charge >= 0.3 is 0 Å². The van der Waals surface area contributed by atoms with Gasteiger partial charge in [0.15, 0.2) is 0 Å². The lowest BCUT2D eigenvalue weighted by Crippen LogP contribution is -2.09. The summed E-state index contributed by atoms with van der Waals surface area (Å²) in [4.78, 5) is 17.3. The first-order valence-corrected chi connectivity index (χ1v) is 3.03. The van der Waals surface area contributed by atoms with Crippen LogP contribution < -0.4 is 5.56 Å². The van der Waals surface area contributed by atoms with E-state index in [1.165, 1.54) is 22.9 Å². The molecule has 0 amide bonds. The SMILES string of the molecule is O=c1ccnc2[nH]c(O)cn12. The molecule has 0 aliphatic carbocycles. The quantitative estimate of drug-likeness (QED) is 0.544. The molecule has 0 spiro atoms. The summed E-state index contributed by atoms with van der Waals surface area (Å²) in [5.74, 6) is 0.274. The Morgan fingerprint density at radius 2 is 2.45 bits per heavy atom. The first kappa shape index (κ1) is 5.96. The van der Waals surface area contributed by atoms with E-state index in [1.54, 1.807) is 0 Å². The van der Waals surface area contributed by atoms with Crippen LogP contribution in [0.25, 0.3) is 5.78 Å². The van der Waals surface area contributed by atoms with Crippen molar-refractivity contribution in [1.82, 2.24) is 14.4 Å². The summed E-state index contributed by atoms with van der Waals surface area (Å²) in [6, 6.07) is 1.32. The zero-order valence-electron chi connectivity index (χ0n) is 5.48. The molecule has 0 atom stereocenters. The van der Waals surface area contributed by atoms with Crippen LogP contribution in [0.2, 0.25) is 0 Å². The number of imidazole rings is 1. The van der Waals surface area contributed by atoms with Crippen molar-refractivity contribution < 1.29 is 5.11 Å². The van der Waals surface area contributed by atoms with Crippen LogP contribution >= 0.6 is 0 Å². The number of nitrogens with zero attached hydrogens (tertiary/aromatic N) is 2. The lowest BCUT2D eigenvalue weighted by molar-refractivity contribution is 0.457. The summed E-state index contributed by atoms with van der Waals surface area (Å²) in [5.41, 5.74) is -0.216. The van der Waals surface area contributed by atoms with E-state index in [0.717, 1.165) is 0 Å². The molecular weight excluding hydrogens is 146 g/mol. The Balaban J connectivity index is 3.02. The van der Waals surface area contributed by atoms with Crippen molar-refractivity contribution in [1.29, 1.82) is 0 Å². The normalized spacial score (nSPS) is 10.5. The highest BCUT2D eigenvalue weighted by Gasteiger charge is 1.98. The molecule has 0 unspecified atom stereocenters. The smallest absolute Gasteiger partial charge is 0.259 e. The highest BCUT2D eigenvalue weighted by atomic mass is 16.3. The minimum Gasteiger partial charge on any atom is -0.493 e. The maximum atomic E-state index is 11.0. The highest BCUT2D eigenvalue weighted by Crippen LogP contribution is 2.03. The van der Waals surface area contributed by atoms with Crippen LogP contribution in [0.1, 0.15) is 0 Å². The van der Waals surface area contributed by atoms with Crippen molar-refractivity contribution in [2.24, 2.45) is 0 Å². The molecule has 0 aliphatic rings. The summed E-state index contributed by atoms with van der Waals surface area (Å²) >= 11 is 0. The molecule has 0 aromatic carbocycles. The first-order valence-electron chi connectivity index (χ1n) is 3.03. The number of aromatic amines is 1. The van der Waals surface area contributed by atoms with E-state index in [-0.39, 0.29) is 11.4 Å². The molecule has 0 saturated heterocycles. The third-order valence-electron chi connectivity index (χ3n) is 1.37. The Bertz CT molecular complexity index is 442. The van der Waals surface area contributed by atoms with Crippen LogP contribution in [-0.2, 0) is 0 Å². The summed E-state index contributed by atoms with van der Waals surface area (Å²) in [6.07, 6.45) is 2.66. The molecule has 2 rings (SSSR count). The third kappa shape index (κ3) is 0.778. The molecule has 5 heteroatoms. The van der Waals surface area contributed by atoms with Gasteiger partial charge in [0, 0.05) is 12.3 Å². The third-order valence-corrected chi connectivity index (χ3v) is 1.37. The number of aromatic nitrogens is 3. The molecule has 0 aliphatic heterocycles. The molecule has 0 radical (unpaired) electrons. The van der Waals surface area contributed by atoms with Crippen molar-refractivity contribution in [3.8, 4) is 5.88 Å². The van der Waals surface area contributed by atoms with Gasteiger partial charge in [-0.3, -0.25) is 9.78 Å². The van der Waals surface area contributed by atoms with Crippen molar-refractivity contribution in [3.63, 3.8) is 0 Å². The van der Waals surface area contributed by atoms with Gasteiger partial charge in [0.2, 0.25) is 11.7 Å². The van der Waals surface area contributed by atoms with Gasteiger partial charge in [-0.15, -0.1) is 0 Å². The minimum absolute atomic E-state index is 0.0687. The van der Waals surface area contributed by atoms with Crippen molar-refractivity contribution >= 4 is 5.78 Å². The molecule has 2 N–H and O–H groups in total. The summed E-state index contributed by atoms with van der Waals surface area (Å²) in [7, 11) is 0. The van der Waals surface area contributed by atoms with Crippen LogP contribution in [0.5, 0.6) is 5.88 Å². The zero-order valence-corrected chi connectivity index (χ0v) is 5.48. The molecule has 0 bridgehead atoms. The summed E-state index contributed by atoms with van der Waals surface area (Å²) in [5, 5.41) is 8.93. The average molecular weight is 151 g/mol. The fourth-order valence-electron chi connectivity index (χ4n) is 0.905. The largest absolute Gasteiger partial charge is 0.493 e. The van der Waals surface area contributed by atoms with Crippen molar-refractivity contribution in [2.75, 3.05) is 0 Å². The van der Waals surface area contributed by atoms with E-state index in [2.05, 4.69) is 9.97 Å². The minimum atomic E-state index is -0.216. The van der Waals surface area contributed by atoms with E-state index >= 15 is 0 Å². The molecule has 56 valence electrons. The van der Waals surface area contributed by atoms with Crippen LogP contribution in [0.15, 0.2) is 23.3 Å². The van der Waals surface area contributed by atoms with Crippen molar-refractivity contribution in [3.05, 3.63) is 28.8 Å². The Kier molecular flexibility index (Phi) is 1.00. The number of aromatic hydroxyl groups is 1. The number of H-pyrrole nitrogens is 1. The Morgan fingerprint density at radius 3 is 3.18 bits per heavy atom. The molecule has 0 fully saturated rings. The number of fused-ring (bicyclic) bond motifs is 1. The average Bonchev–Trinajstić information content (AvgIpc) is 2.31. The van der Waals surface area contributed by atoms with Gasteiger partial charge in [-0.25, -0.2) is 9.38 Å². The summed E-state index contributed by atoms with van der Waals surface area (Å²) in [6.45, 7) is 0. The molecule has 0 saturated carbocycles. The number of nitrogens with one attached hydrogen (secondary N) is 1. The Labute approximate surface area is 60.9 Å². The van der Waals surface area contributed by atoms with Gasteiger partial charge in [0.25, 0.3) is 5.56 Å².